The Bertz CT molecular complexity index is 19.1. The van der Waals surface area contributed by atoms with Gasteiger partial charge < -0.3 is 0 Å². The molecule has 0 bridgehead atoms. The third-order valence-corrected chi connectivity index (χ3v) is 0. The summed E-state index contributed by atoms with van der Waals surface area (Å²) in [5.41, 5.74) is 0. The molecule has 0 aromatic carbocycles. The number of rotatable bonds is 0. The fourth-order valence-corrected chi connectivity index (χ4v) is 0. The average molecular weight is 667 g/mol. The zero-order valence-electron chi connectivity index (χ0n) is 1.85. The van der Waals surface area contributed by atoms with E-state index in [4.69, 9.17) is 0 Å². The van der Waals surface area contributed by atoms with Crippen LogP contribution in [0.3, 0.4) is 0 Å². The van der Waals surface area contributed by atoms with Gasteiger partial charge in [0, 0.05) is 0 Å². The van der Waals surface area contributed by atoms with E-state index < -0.39 is 9.58 Å². The van der Waals surface area contributed by atoms with Crippen molar-refractivity contribution >= 4 is 59.1 Å². The molecular formula is I4Tb. The summed E-state index contributed by atoms with van der Waals surface area (Å²) in [5.74, 6) is 0. The van der Waals surface area contributed by atoms with Gasteiger partial charge in [0.25, 0.3) is 0 Å². The molecule has 0 aromatic rings. The Labute approximate surface area is 65.0 Å². The fourth-order valence-electron chi connectivity index (χ4n) is 0. The van der Waals surface area contributed by atoms with Crippen LogP contribution >= 0.6 is 59.1 Å². The predicted octanol–water partition coefficient (Wildman–Crippen LogP) is 3.54. The number of hydrogen-bond acceptors (Lipinski definition) is 0. The van der Waals surface area contributed by atoms with E-state index in [0.717, 1.165) is 0 Å². The van der Waals surface area contributed by atoms with Gasteiger partial charge in [-0.05, 0) is 0 Å². The van der Waals surface area contributed by atoms with Crippen LogP contribution in [0.1, 0.15) is 0 Å². The molecule has 0 atom stereocenters. The van der Waals surface area contributed by atoms with E-state index >= 15 is 0 Å². The van der Waals surface area contributed by atoms with E-state index in [1.54, 1.807) is 0 Å². The van der Waals surface area contributed by atoms with Gasteiger partial charge in [0.15, 0.2) is 0 Å². The molecule has 0 aliphatic rings. The third kappa shape index (κ3) is 17.9. The van der Waals surface area contributed by atoms with Crippen molar-refractivity contribution in [1.29, 1.82) is 0 Å². The molecule has 0 saturated heterocycles. The zero-order valence-corrected chi connectivity index (χ0v) is 12.6. The minimum atomic E-state index is -1.12. The van der Waals surface area contributed by atoms with Crippen LogP contribution in [0.2, 0.25) is 0 Å². The van der Waals surface area contributed by atoms with Gasteiger partial charge in [0.2, 0.25) is 0 Å². The van der Waals surface area contributed by atoms with Crippen LogP contribution in [0.15, 0.2) is 0 Å². The second-order valence-electron chi connectivity index (χ2n) is 0.286. The Kier molecular flexibility index (Phi) is 7.53. The first kappa shape index (κ1) is 9.21. The van der Waals surface area contributed by atoms with Gasteiger partial charge >= 0.3 is 68.7 Å². The summed E-state index contributed by atoms with van der Waals surface area (Å²) in [6.07, 6.45) is 0. The minimum absolute atomic E-state index is 1.12. The van der Waals surface area contributed by atoms with E-state index in [-0.39, 0.29) is 0 Å². The van der Waals surface area contributed by atoms with Crippen LogP contribution in [-0.2, 0) is 0 Å². The SMILES string of the molecule is [I][Tb]([I])([I])[I]. The molecule has 0 heterocycles. The van der Waals surface area contributed by atoms with Gasteiger partial charge in [0.05, 0.1) is 0 Å². The number of hydrogen-bond donors (Lipinski definition) is 0. The van der Waals surface area contributed by atoms with Crippen LogP contribution in [-0.4, -0.2) is 0 Å². The molecule has 0 aliphatic heterocycles. The molecule has 0 aromatic heterocycles. The first-order chi connectivity index (χ1) is 2.00. The Morgan fingerprint density at radius 3 is 0.800 bits per heavy atom. The summed E-state index contributed by atoms with van der Waals surface area (Å²) in [6.45, 7) is 0. The van der Waals surface area contributed by atoms with Gasteiger partial charge in [-0.1, -0.05) is 0 Å². The molecule has 0 unspecified atom stereocenters. The maximum atomic E-state index is 2.53. The van der Waals surface area contributed by atoms with Crippen molar-refractivity contribution in [3.8, 4) is 0 Å². The van der Waals surface area contributed by atoms with E-state index in [0.29, 0.717) is 0 Å². The summed E-state index contributed by atoms with van der Waals surface area (Å²) < 4.78 is 0. The van der Waals surface area contributed by atoms with E-state index in [1.165, 1.54) is 0 Å². The molecule has 0 spiro atoms. The monoisotopic (exact) mass is 667 g/mol. The molecule has 0 saturated carbocycles. The average Bonchev–Trinajstić information content (AvgIpc) is 0.722. The summed E-state index contributed by atoms with van der Waals surface area (Å²) in [7, 11) is -1.12. The molecule has 0 aliphatic carbocycles. The zero-order chi connectivity index (χ0) is 4.50. The van der Waals surface area contributed by atoms with Gasteiger partial charge in [-0.15, -0.1) is 0 Å². The first-order valence-corrected chi connectivity index (χ1v) is 25.1. The Morgan fingerprint density at radius 1 is 0.800 bits per heavy atom. The van der Waals surface area contributed by atoms with Crippen molar-refractivity contribution in [3.05, 3.63) is 0 Å². The molecule has 0 rings (SSSR count). The number of halogens is 4. The van der Waals surface area contributed by atoms with E-state index in [2.05, 4.69) is 59.1 Å². The summed E-state index contributed by atoms with van der Waals surface area (Å²) in [6, 6.07) is 0. The van der Waals surface area contributed by atoms with Crippen LogP contribution in [0.5, 0.6) is 0 Å². The quantitative estimate of drug-likeness (QED) is 0.348. The molecule has 0 amide bonds. The van der Waals surface area contributed by atoms with Crippen molar-refractivity contribution < 1.29 is 9.58 Å². The second-order valence-corrected chi connectivity index (χ2v) is 95.4. The van der Waals surface area contributed by atoms with Crippen LogP contribution in [0, 0.1) is 9.58 Å². The molecule has 0 radical (unpaired) electrons. The fraction of sp³-hybridized carbons (Fsp3) is 0. The first-order valence-electron chi connectivity index (χ1n) is 0.504. The summed E-state index contributed by atoms with van der Waals surface area (Å²) in [5, 5.41) is 0. The van der Waals surface area contributed by atoms with Gasteiger partial charge in [0.1, 0.15) is 0 Å². The van der Waals surface area contributed by atoms with Crippen molar-refractivity contribution in [1.82, 2.24) is 0 Å². The Balaban J connectivity index is 3.02. The van der Waals surface area contributed by atoms with E-state index in [1.807, 2.05) is 0 Å². The van der Waals surface area contributed by atoms with Crippen LogP contribution in [0.25, 0.3) is 0 Å². The van der Waals surface area contributed by atoms with Gasteiger partial charge in [-0.2, -0.15) is 0 Å². The molecule has 0 nitrogen and oxygen atoms in total. The van der Waals surface area contributed by atoms with Crippen LogP contribution < -0.4 is 0 Å². The summed E-state index contributed by atoms with van der Waals surface area (Å²) in [4.78, 5) is 0. The standard InChI is InChI=1S/4HI.Tb/h4*1H;/q;;;;+4/p-4. The predicted molar refractivity (Wildman–Crippen MR) is 56.1 cm³/mol. The van der Waals surface area contributed by atoms with Crippen molar-refractivity contribution in [2.75, 3.05) is 0 Å². The Hall–Kier alpha value is 4.21. The normalized spacial score (nSPS) is 15.2. The third-order valence-electron chi connectivity index (χ3n) is 0. The molecule has 37 valence electrons. The molecule has 0 N–H and O–H groups in total. The molecule has 5 heavy (non-hydrogen) atoms. The van der Waals surface area contributed by atoms with Crippen molar-refractivity contribution in [2.45, 2.75) is 0 Å². The topological polar surface area (TPSA) is 0 Å². The van der Waals surface area contributed by atoms with Crippen molar-refractivity contribution in [3.63, 3.8) is 0 Å². The molecular weight excluding hydrogens is 667 g/mol. The second kappa shape index (κ2) is 4.09. The van der Waals surface area contributed by atoms with Crippen LogP contribution in [0.4, 0.5) is 0 Å². The van der Waals surface area contributed by atoms with E-state index in [9.17, 15) is 0 Å². The summed E-state index contributed by atoms with van der Waals surface area (Å²) >= 11 is 10.1. The molecule has 0 fully saturated rings. The van der Waals surface area contributed by atoms with Gasteiger partial charge in [-0.25, -0.2) is 0 Å². The van der Waals surface area contributed by atoms with Crippen molar-refractivity contribution in [2.24, 2.45) is 0 Å². The molecule has 5 heteroatoms. The van der Waals surface area contributed by atoms with Gasteiger partial charge in [-0.3, -0.25) is 0 Å². The Morgan fingerprint density at radius 2 is 0.800 bits per heavy atom. The maximum absolute atomic E-state index is 2.53.